The predicted octanol–water partition coefficient (Wildman–Crippen LogP) is 0.876. The second kappa shape index (κ2) is 3.27. The highest BCUT2D eigenvalue weighted by molar-refractivity contribution is 7.99. The fourth-order valence-electron chi connectivity index (χ4n) is 1.55. The molecule has 0 saturated heterocycles. The molecule has 1 aromatic rings. The molecule has 0 aromatic carbocycles. The first kappa shape index (κ1) is 10.0. The van der Waals surface area contributed by atoms with Crippen LogP contribution in [0.5, 0.6) is 5.75 Å². The first-order chi connectivity index (χ1) is 7.04. The summed E-state index contributed by atoms with van der Waals surface area (Å²) >= 11 is 1.22. The molecule has 0 fully saturated rings. The maximum atomic E-state index is 11.6. The van der Waals surface area contributed by atoms with Gasteiger partial charge < -0.3 is 5.11 Å². The first-order valence-corrected chi connectivity index (χ1v) is 5.26. The zero-order valence-corrected chi connectivity index (χ0v) is 8.71. The van der Waals surface area contributed by atoms with Crippen LogP contribution >= 0.6 is 11.8 Å². The third-order valence-corrected chi connectivity index (χ3v) is 3.40. The van der Waals surface area contributed by atoms with Crippen molar-refractivity contribution >= 4 is 17.4 Å². The molecule has 0 bridgehead atoms. The van der Waals surface area contributed by atoms with Crippen molar-refractivity contribution in [3.05, 3.63) is 26.0 Å². The molecule has 0 amide bonds. The van der Waals surface area contributed by atoms with Crippen molar-refractivity contribution in [3.8, 4) is 5.75 Å². The zero-order chi connectivity index (χ0) is 11.2. The molecule has 0 saturated carbocycles. The molecule has 1 N–H and O–H groups in total. The van der Waals surface area contributed by atoms with Crippen LogP contribution in [0.25, 0.3) is 0 Å². The Kier molecular flexibility index (Phi) is 2.18. The summed E-state index contributed by atoms with van der Waals surface area (Å²) in [5, 5.41) is 20.6. The van der Waals surface area contributed by atoms with E-state index in [-0.39, 0.29) is 21.8 Å². The van der Waals surface area contributed by atoms with Crippen molar-refractivity contribution in [2.24, 2.45) is 0 Å². The van der Waals surface area contributed by atoms with E-state index in [2.05, 4.69) is 0 Å². The lowest BCUT2D eigenvalue weighted by Crippen LogP contribution is -2.22. The van der Waals surface area contributed by atoms with Gasteiger partial charge in [0.25, 0.3) is 5.56 Å². The molecule has 1 aliphatic heterocycles. The number of aromatic hydroxyl groups is 1. The quantitative estimate of drug-likeness (QED) is 0.569. The van der Waals surface area contributed by atoms with Gasteiger partial charge in [0.15, 0.2) is 5.03 Å². The summed E-state index contributed by atoms with van der Waals surface area (Å²) in [5.41, 5.74) is -0.666. The van der Waals surface area contributed by atoms with Crippen molar-refractivity contribution in [2.75, 3.05) is 5.75 Å². The SMILES string of the molecule is Cc1c(O)c([N+](=O)[O-])c2n(c1=O)CCS2. The van der Waals surface area contributed by atoms with Crippen LogP contribution in [-0.4, -0.2) is 20.3 Å². The fraction of sp³-hybridized carbons (Fsp3) is 0.375. The van der Waals surface area contributed by atoms with E-state index in [9.17, 15) is 20.0 Å². The van der Waals surface area contributed by atoms with Crippen LogP contribution in [0.1, 0.15) is 5.56 Å². The van der Waals surface area contributed by atoms with Gasteiger partial charge in [-0.05, 0) is 6.92 Å². The van der Waals surface area contributed by atoms with E-state index in [1.807, 2.05) is 0 Å². The molecule has 2 heterocycles. The highest BCUT2D eigenvalue weighted by Gasteiger charge is 2.30. The minimum absolute atomic E-state index is 0.0351. The van der Waals surface area contributed by atoms with E-state index >= 15 is 0 Å². The Morgan fingerprint density at radius 3 is 2.87 bits per heavy atom. The summed E-state index contributed by atoms with van der Waals surface area (Å²) in [6.07, 6.45) is 0. The number of pyridine rings is 1. The maximum absolute atomic E-state index is 11.6. The van der Waals surface area contributed by atoms with Gasteiger partial charge in [0.1, 0.15) is 0 Å². The Morgan fingerprint density at radius 2 is 2.27 bits per heavy atom. The molecule has 7 heteroatoms. The van der Waals surface area contributed by atoms with Gasteiger partial charge in [-0.1, -0.05) is 11.8 Å². The minimum atomic E-state index is -0.647. The monoisotopic (exact) mass is 228 g/mol. The lowest BCUT2D eigenvalue weighted by Gasteiger charge is -2.06. The van der Waals surface area contributed by atoms with Crippen molar-refractivity contribution in [2.45, 2.75) is 18.5 Å². The molecule has 15 heavy (non-hydrogen) atoms. The van der Waals surface area contributed by atoms with Crippen LogP contribution in [0.3, 0.4) is 0 Å². The van der Waals surface area contributed by atoms with Crippen LogP contribution in [0, 0.1) is 17.0 Å². The summed E-state index contributed by atoms with van der Waals surface area (Å²) in [4.78, 5) is 21.7. The Balaban J connectivity index is 2.87. The number of nitrogens with zero attached hydrogens (tertiary/aromatic N) is 2. The topological polar surface area (TPSA) is 85.4 Å². The third kappa shape index (κ3) is 1.30. The molecule has 0 radical (unpaired) electrons. The number of thioether (sulfide) groups is 1. The van der Waals surface area contributed by atoms with Gasteiger partial charge in [-0.2, -0.15) is 0 Å². The van der Waals surface area contributed by atoms with E-state index in [4.69, 9.17) is 0 Å². The molecule has 2 rings (SSSR count). The van der Waals surface area contributed by atoms with Crippen LogP contribution in [-0.2, 0) is 6.54 Å². The fourth-order valence-corrected chi connectivity index (χ4v) is 2.66. The number of rotatable bonds is 1. The molecule has 1 aromatic heterocycles. The largest absolute Gasteiger partial charge is 0.502 e. The molecule has 1 aliphatic rings. The lowest BCUT2D eigenvalue weighted by molar-refractivity contribution is -0.389. The van der Waals surface area contributed by atoms with Crippen molar-refractivity contribution in [3.63, 3.8) is 0 Å². The molecular formula is C8H8N2O4S. The van der Waals surface area contributed by atoms with Crippen LogP contribution in [0.4, 0.5) is 5.69 Å². The lowest BCUT2D eigenvalue weighted by atomic mass is 10.2. The van der Waals surface area contributed by atoms with Gasteiger partial charge in [-0.15, -0.1) is 0 Å². The summed E-state index contributed by atoms with van der Waals surface area (Å²) in [7, 11) is 0. The standard InChI is InChI=1S/C8H8N2O4S/c1-4-6(11)5(10(13)14)8-9(7(4)12)2-3-15-8/h11H,2-3H2,1H3. The summed E-state index contributed by atoms with van der Waals surface area (Å²) in [6, 6.07) is 0. The number of hydrogen-bond acceptors (Lipinski definition) is 5. The molecule has 0 unspecified atom stereocenters. The van der Waals surface area contributed by atoms with E-state index in [0.29, 0.717) is 12.3 Å². The van der Waals surface area contributed by atoms with Gasteiger partial charge in [0, 0.05) is 12.3 Å². The minimum Gasteiger partial charge on any atom is -0.502 e. The van der Waals surface area contributed by atoms with E-state index in [0.717, 1.165) is 0 Å². The van der Waals surface area contributed by atoms with E-state index in [1.165, 1.54) is 23.3 Å². The molecule has 6 nitrogen and oxygen atoms in total. The summed E-state index contributed by atoms with van der Waals surface area (Å²) in [5.74, 6) is 0.115. The molecule has 0 aliphatic carbocycles. The average molecular weight is 228 g/mol. The molecule has 0 atom stereocenters. The Labute approximate surface area is 88.7 Å². The van der Waals surface area contributed by atoms with Crippen LogP contribution in [0.15, 0.2) is 9.82 Å². The highest BCUT2D eigenvalue weighted by atomic mass is 32.2. The molecule has 0 spiro atoms. The third-order valence-electron chi connectivity index (χ3n) is 2.33. The Bertz CT molecular complexity index is 508. The Hall–Kier alpha value is -1.50. The van der Waals surface area contributed by atoms with Crippen molar-refractivity contribution in [1.29, 1.82) is 0 Å². The second-order valence-corrected chi connectivity index (χ2v) is 4.27. The van der Waals surface area contributed by atoms with Crippen LogP contribution in [0.2, 0.25) is 0 Å². The second-order valence-electron chi connectivity index (χ2n) is 3.19. The smallest absolute Gasteiger partial charge is 0.341 e. The summed E-state index contributed by atoms with van der Waals surface area (Å²) in [6.45, 7) is 1.85. The number of aromatic nitrogens is 1. The molecular weight excluding hydrogens is 220 g/mol. The van der Waals surface area contributed by atoms with Crippen LogP contribution < -0.4 is 5.56 Å². The van der Waals surface area contributed by atoms with E-state index < -0.39 is 10.7 Å². The van der Waals surface area contributed by atoms with Crippen molar-refractivity contribution < 1.29 is 10.0 Å². The average Bonchev–Trinajstić information content (AvgIpc) is 2.62. The van der Waals surface area contributed by atoms with Gasteiger partial charge in [0.2, 0.25) is 5.75 Å². The zero-order valence-electron chi connectivity index (χ0n) is 7.89. The number of nitro groups is 1. The normalized spacial score (nSPS) is 13.9. The van der Waals surface area contributed by atoms with Gasteiger partial charge in [-0.25, -0.2) is 0 Å². The number of hydrogen-bond donors (Lipinski definition) is 1. The van der Waals surface area contributed by atoms with Gasteiger partial charge >= 0.3 is 5.69 Å². The van der Waals surface area contributed by atoms with Gasteiger partial charge in [-0.3, -0.25) is 19.5 Å². The van der Waals surface area contributed by atoms with Crippen molar-refractivity contribution in [1.82, 2.24) is 4.57 Å². The van der Waals surface area contributed by atoms with E-state index in [1.54, 1.807) is 0 Å². The first-order valence-electron chi connectivity index (χ1n) is 4.27. The predicted molar refractivity (Wildman–Crippen MR) is 54.5 cm³/mol. The number of fused-ring (bicyclic) bond motifs is 1. The highest BCUT2D eigenvalue weighted by Crippen LogP contribution is 2.39. The Morgan fingerprint density at radius 1 is 1.60 bits per heavy atom. The molecule has 80 valence electrons. The maximum Gasteiger partial charge on any atom is 0.341 e. The van der Waals surface area contributed by atoms with Gasteiger partial charge in [0.05, 0.1) is 10.5 Å². The summed E-state index contributed by atoms with van der Waals surface area (Å²) < 4.78 is 1.35.